The largest absolute Gasteiger partial charge is 0.460 e. The number of carbonyl (C=O) groups is 2. The number of hydrogen-bond acceptors (Lipinski definition) is 3. The lowest BCUT2D eigenvalue weighted by atomic mass is 9.99. The third-order valence-electron chi connectivity index (χ3n) is 2.42. The maximum absolute atomic E-state index is 13.8. The molecule has 0 atom stereocenters. The van der Waals surface area contributed by atoms with Gasteiger partial charge in [0.25, 0.3) is 5.78 Å². The third-order valence-corrected chi connectivity index (χ3v) is 3.00. The molecule has 0 N–H and O–H groups in total. The molecule has 0 aliphatic heterocycles. The Hall–Kier alpha value is -1.23. The fraction of sp³-hybridized carbons (Fsp3) is 0.385. The van der Waals surface area contributed by atoms with Crippen molar-refractivity contribution in [3.63, 3.8) is 0 Å². The molecule has 5 heteroatoms. The lowest BCUT2D eigenvalue weighted by Crippen LogP contribution is -2.19. The predicted molar refractivity (Wildman–Crippen MR) is 69.2 cm³/mol. The summed E-state index contributed by atoms with van der Waals surface area (Å²) >= 11 is 3.04. The van der Waals surface area contributed by atoms with E-state index < -0.39 is 17.6 Å². The lowest BCUT2D eigenvalue weighted by molar-refractivity contribution is -0.137. The molecule has 98 valence electrons. The molecular weight excluding hydrogens is 303 g/mol. The molecule has 0 aliphatic rings. The first-order valence-electron chi connectivity index (χ1n) is 5.58. The van der Waals surface area contributed by atoms with Crippen LogP contribution in [0.15, 0.2) is 16.6 Å². The maximum atomic E-state index is 13.8. The molecule has 18 heavy (non-hydrogen) atoms. The molecule has 1 rings (SSSR count). The van der Waals surface area contributed by atoms with E-state index in [4.69, 9.17) is 0 Å². The normalized spacial score (nSPS) is 10.6. The Balaban J connectivity index is 3.23. The highest BCUT2D eigenvalue weighted by atomic mass is 79.9. The number of halogens is 2. The molecule has 0 unspecified atom stereocenters. The second-order valence-corrected chi connectivity index (χ2v) is 4.92. The molecule has 0 radical (unpaired) electrons. The molecule has 0 saturated carbocycles. The van der Waals surface area contributed by atoms with Gasteiger partial charge in [-0.25, -0.2) is 9.18 Å². The summed E-state index contributed by atoms with van der Waals surface area (Å²) in [6.07, 6.45) is 0. The van der Waals surface area contributed by atoms with Gasteiger partial charge in [0.1, 0.15) is 5.82 Å². The van der Waals surface area contributed by atoms with Crippen LogP contribution < -0.4 is 0 Å². The van der Waals surface area contributed by atoms with Crippen molar-refractivity contribution in [3.8, 4) is 0 Å². The van der Waals surface area contributed by atoms with Crippen LogP contribution in [0.1, 0.15) is 42.6 Å². The Bertz CT molecular complexity index is 483. The Morgan fingerprint density at radius 2 is 2.00 bits per heavy atom. The number of ether oxygens (including phenoxy) is 1. The van der Waals surface area contributed by atoms with Crippen LogP contribution in [-0.4, -0.2) is 18.4 Å². The number of hydrogen-bond donors (Lipinski definition) is 0. The maximum Gasteiger partial charge on any atom is 0.379 e. The third kappa shape index (κ3) is 3.16. The molecule has 0 spiro atoms. The van der Waals surface area contributed by atoms with E-state index in [0.29, 0.717) is 0 Å². The molecule has 0 aliphatic carbocycles. The zero-order valence-corrected chi connectivity index (χ0v) is 12.0. The fourth-order valence-electron chi connectivity index (χ4n) is 1.42. The number of carbonyl (C=O) groups excluding carboxylic acids is 2. The molecule has 3 nitrogen and oxygen atoms in total. The lowest BCUT2D eigenvalue weighted by Gasteiger charge is -2.10. The molecular formula is C13H14BrFO3. The predicted octanol–water partition coefficient (Wildman–Crippen LogP) is 3.46. The summed E-state index contributed by atoms with van der Waals surface area (Å²) < 4.78 is 18.6. The summed E-state index contributed by atoms with van der Waals surface area (Å²) in [7, 11) is 0. The first kappa shape index (κ1) is 14.8. The van der Waals surface area contributed by atoms with Gasteiger partial charge in [-0.1, -0.05) is 13.8 Å². The van der Waals surface area contributed by atoms with E-state index in [2.05, 4.69) is 20.7 Å². The second kappa shape index (κ2) is 6.09. The van der Waals surface area contributed by atoms with Gasteiger partial charge in [0.05, 0.1) is 16.6 Å². The Kier molecular flexibility index (Phi) is 5.02. The minimum Gasteiger partial charge on any atom is -0.460 e. The summed E-state index contributed by atoms with van der Waals surface area (Å²) in [5.41, 5.74) is 0.516. The van der Waals surface area contributed by atoms with Crippen molar-refractivity contribution in [1.29, 1.82) is 0 Å². The van der Waals surface area contributed by atoms with Crippen molar-refractivity contribution in [3.05, 3.63) is 33.5 Å². The van der Waals surface area contributed by atoms with E-state index in [9.17, 15) is 14.0 Å². The minimum absolute atomic E-state index is 0.0806. The molecule has 0 amide bonds. The van der Waals surface area contributed by atoms with E-state index in [1.54, 1.807) is 13.0 Å². The number of benzene rings is 1. The standard InChI is InChI=1S/C13H14BrFO3/c1-4-18-13(17)12(16)9-5-8(7(2)3)6-10(14)11(9)15/h5-7H,4H2,1-3H3. The van der Waals surface area contributed by atoms with Gasteiger partial charge in [-0.2, -0.15) is 0 Å². The monoisotopic (exact) mass is 316 g/mol. The van der Waals surface area contributed by atoms with Gasteiger partial charge in [0.15, 0.2) is 0 Å². The van der Waals surface area contributed by atoms with Gasteiger partial charge in [-0.3, -0.25) is 4.79 Å². The molecule has 1 aromatic rings. The highest BCUT2D eigenvalue weighted by Crippen LogP contribution is 2.26. The SMILES string of the molecule is CCOC(=O)C(=O)c1cc(C(C)C)cc(Br)c1F. The van der Waals surface area contributed by atoms with Crippen LogP contribution in [-0.2, 0) is 9.53 Å². The summed E-state index contributed by atoms with van der Waals surface area (Å²) in [4.78, 5) is 23.1. The Morgan fingerprint density at radius 1 is 1.39 bits per heavy atom. The van der Waals surface area contributed by atoms with E-state index in [-0.39, 0.29) is 22.6 Å². The fourth-order valence-corrected chi connectivity index (χ4v) is 1.89. The Labute approximate surface area is 113 Å². The van der Waals surface area contributed by atoms with Gasteiger partial charge in [-0.15, -0.1) is 0 Å². The average Bonchev–Trinajstić information content (AvgIpc) is 2.31. The van der Waals surface area contributed by atoms with Gasteiger partial charge < -0.3 is 4.74 Å². The van der Waals surface area contributed by atoms with Crippen molar-refractivity contribution >= 4 is 27.7 Å². The van der Waals surface area contributed by atoms with Gasteiger partial charge in [-0.05, 0) is 46.5 Å². The van der Waals surface area contributed by atoms with Crippen LogP contribution in [0.2, 0.25) is 0 Å². The number of rotatable bonds is 4. The number of ketones is 1. The zero-order valence-electron chi connectivity index (χ0n) is 10.4. The Morgan fingerprint density at radius 3 is 2.50 bits per heavy atom. The smallest absolute Gasteiger partial charge is 0.379 e. The number of esters is 1. The van der Waals surface area contributed by atoms with Gasteiger partial charge >= 0.3 is 5.97 Å². The van der Waals surface area contributed by atoms with E-state index in [1.807, 2.05) is 13.8 Å². The van der Waals surface area contributed by atoms with E-state index >= 15 is 0 Å². The molecule has 0 saturated heterocycles. The van der Waals surface area contributed by atoms with E-state index in [0.717, 1.165) is 5.56 Å². The average molecular weight is 317 g/mol. The van der Waals surface area contributed by atoms with Crippen LogP contribution in [0.3, 0.4) is 0 Å². The van der Waals surface area contributed by atoms with Crippen LogP contribution in [0.25, 0.3) is 0 Å². The molecule has 0 aromatic heterocycles. The highest BCUT2D eigenvalue weighted by molar-refractivity contribution is 9.10. The topological polar surface area (TPSA) is 43.4 Å². The minimum atomic E-state index is -1.04. The van der Waals surface area contributed by atoms with Crippen LogP contribution in [0.5, 0.6) is 0 Å². The van der Waals surface area contributed by atoms with Crippen LogP contribution in [0.4, 0.5) is 4.39 Å². The highest BCUT2D eigenvalue weighted by Gasteiger charge is 2.23. The zero-order chi connectivity index (χ0) is 13.9. The van der Waals surface area contributed by atoms with Gasteiger partial charge in [0, 0.05) is 0 Å². The van der Waals surface area contributed by atoms with Crippen LogP contribution >= 0.6 is 15.9 Å². The number of Topliss-reactive ketones (excluding diaryl/α,β-unsaturated/α-hetero) is 1. The molecule has 0 fully saturated rings. The van der Waals surface area contributed by atoms with Crippen molar-refractivity contribution in [2.75, 3.05) is 6.61 Å². The quantitative estimate of drug-likeness (QED) is 0.485. The van der Waals surface area contributed by atoms with E-state index in [1.165, 1.54) is 6.07 Å². The van der Waals surface area contributed by atoms with Crippen LogP contribution in [0, 0.1) is 5.82 Å². The summed E-state index contributed by atoms with van der Waals surface area (Å²) in [6.45, 7) is 5.50. The molecule has 1 aromatic carbocycles. The second-order valence-electron chi connectivity index (χ2n) is 4.07. The van der Waals surface area contributed by atoms with Gasteiger partial charge in [0.2, 0.25) is 0 Å². The van der Waals surface area contributed by atoms with Crippen molar-refractivity contribution in [2.24, 2.45) is 0 Å². The summed E-state index contributed by atoms with van der Waals surface area (Å²) in [6, 6.07) is 2.99. The summed E-state index contributed by atoms with van der Waals surface area (Å²) in [5.74, 6) is -2.62. The van der Waals surface area contributed by atoms with Crippen molar-refractivity contribution in [1.82, 2.24) is 0 Å². The first-order chi connectivity index (χ1) is 8.38. The molecule has 0 bridgehead atoms. The van der Waals surface area contributed by atoms with Crippen molar-refractivity contribution < 1.29 is 18.7 Å². The van der Waals surface area contributed by atoms with Crippen molar-refractivity contribution in [2.45, 2.75) is 26.7 Å². The first-order valence-corrected chi connectivity index (χ1v) is 6.38. The molecule has 0 heterocycles. The summed E-state index contributed by atoms with van der Waals surface area (Å²) in [5, 5.41) is 0.